The molecular weight excluding hydrogens is 248 g/mol. The van der Waals surface area contributed by atoms with Gasteiger partial charge in [0, 0.05) is 4.90 Å². The van der Waals surface area contributed by atoms with E-state index in [4.69, 9.17) is 9.52 Å². The lowest BCUT2D eigenvalue weighted by atomic mass is 10.2. The van der Waals surface area contributed by atoms with Crippen molar-refractivity contribution in [3.8, 4) is 0 Å². The van der Waals surface area contributed by atoms with Crippen molar-refractivity contribution >= 4 is 17.7 Å². The molecule has 0 spiro atoms. The Balaban J connectivity index is 2.06. The van der Waals surface area contributed by atoms with Crippen LogP contribution < -0.4 is 0 Å². The number of furan rings is 1. The highest BCUT2D eigenvalue weighted by Crippen LogP contribution is 2.27. The van der Waals surface area contributed by atoms with Gasteiger partial charge in [-0.2, -0.15) is 0 Å². The summed E-state index contributed by atoms with van der Waals surface area (Å²) in [6.07, 6.45) is 0. The van der Waals surface area contributed by atoms with Crippen LogP contribution in [0.5, 0.6) is 0 Å². The second-order valence-electron chi connectivity index (χ2n) is 4.13. The van der Waals surface area contributed by atoms with Crippen LogP contribution in [0.25, 0.3) is 0 Å². The number of rotatable bonds is 4. The molecule has 0 aliphatic carbocycles. The number of hydrogen-bond donors (Lipinski definition) is 1. The average molecular weight is 262 g/mol. The molecule has 1 aromatic carbocycles. The fourth-order valence-electron chi connectivity index (χ4n) is 1.58. The van der Waals surface area contributed by atoms with E-state index in [-0.39, 0.29) is 5.76 Å². The van der Waals surface area contributed by atoms with Crippen LogP contribution in [0.15, 0.2) is 39.6 Å². The Morgan fingerprint density at radius 2 is 2.06 bits per heavy atom. The van der Waals surface area contributed by atoms with Gasteiger partial charge in [-0.1, -0.05) is 17.7 Å². The second-order valence-corrected chi connectivity index (χ2v) is 5.15. The Morgan fingerprint density at radius 3 is 2.72 bits per heavy atom. The second kappa shape index (κ2) is 5.31. The predicted molar refractivity (Wildman–Crippen MR) is 71.1 cm³/mol. The van der Waals surface area contributed by atoms with Crippen molar-refractivity contribution in [3.05, 3.63) is 53.0 Å². The van der Waals surface area contributed by atoms with Crippen molar-refractivity contribution < 1.29 is 14.3 Å². The number of benzene rings is 1. The maximum absolute atomic E-state index is 10.7. The summed E-state index contributed by atoms with van der Waals surface area (Å²) in [6.45, 7) is 4.12. The molecule has 0 amide bonds. The van der Waals surface area contributed by atoms with Gasteiger partial charge in [-0.05, 0) is 37.6 Å². The predicted octanol–water partition coefficient (Wildman–Crippen LogP) is 3.89. The molecular formula is C14H14O3S. The van der Waals surface area contributed by atoms with Crippen LogP contribution in [0, 0.1) is 13.8 Å². The zero-order valence-electron chi connectivity index (χ0n) is 10.3. The summed E-state index contributed by atoms with van der Waals surface area (Å²) in [5, 5.41) is 8.76. The van der Waals surface area contributed by atoms with Gasteiger partial charge in [0.05, 0.1) is 5.75 Å². The van der Waals surface area contributed by atoms with E-state index in [1.54, 1.807) is 17.8 Å². The van der Waals surface area contributed by atoms with Gasteiger partial charge >= 0.3 is 5.97 Å². The molecule has 94 valence electrons. The first-order valence-electron chi connectivity index (χ1n) is 5.58. The monoisotopic (exact) mass is 262 g/mol. The number of aryl methyl sites for hydroxylation is 2. The molecule has 0 saturated heterocycles. The molecule has 4 heteroatoms. The third-order valence-corrected chi connectivity index (χ3v) is 3.77. The lowest BCUT2D eigenvalue weighted by molar-refractivity contribution is 0.0661. The molecule has 0 fully saturated rings. The molecule has 0 atom stereocenters. The Bertz CT molecular complexity index is 572. The van der Waals surface area contributed by atoms with Crippen LogP contribution in [-0.2, 0) is 5.75 Å². The van der Waals surface area contributed by atoms with Crippen molar-refractivity contribution in [1.82, 2.24) is 0 Å². The van der Waals surface area contributed by atoms with Crippen molar-refractivity contribution in [3.63, 3.8) is 0 Å². The minimum Gasteiger partial charge on any atom is -0.475 e. The SMILES string of the molecule is Cc1ccc(C)c(SCc2ccc(C(=O)O)o2)c1. The van der Waals surface area contributed by atoms with Gasteiger partial charge in [-0.15, -0.1) is 11.8 Å². The lowest BCUT2D eigenvalue weighted by Crippen LogP contribution is -1.91. The van der Waals surface area contributed by atoms with E-state index >= 15 is 0 Å². The molecule has 2 rings (SSSR count). The maximum atomic E-state index is 10.7. The third kappa shape index (κ3) is 2.96. The number of hydrogen-bond acceptors (Lipinski definition) is 3. The summed E-state index contributed by atoms with van der Waals surface area (Å²) >= 11 is 1.65. The molecule has 1 aromatic heterocycles. The number of carbonyl (C=O) groups is 1. The van der Waals surface area contributed by atoms with Crippen molar-refractivity contribution in [2.75, 3.05) is 0 Å². The molecule has 0 aliphatic heterocycles. The summed E-state index contributed by atoms with van der Waals surface area (Å²) in [4.78, 5) is 11.9. The summed E-state index contributed by atoms with van der Waals surface area (Å²) in [5.41, 5.74) is 2.43. The van der Waals surface area contributed by atoms with E-state index in [0.717, 1.165) is 0 Å². The van der Waals surface area contributed by atoms with Crippen LogP contribution in [-0.4, -0.2) is 11.1 Å². The Labute approximate surface area is 110 Å². The van der Waals surface area contributed by atoms with E-state index in [9.17, 15) is 4.79 Å². The molecule has 3 nitrogen and oxygen atoms in total. The molecule has 1 heterocycles. The van der Waals surface area contributed by atoms with Gasteiger partial charge in [0.1, 0.15) is 5.76 Å². The van der Waals surface area contributed by atoms with Gasteiger partial charge < -0.3 is 9.52 Å². The van der Waals surface area contributed by atoms with Gasteiger partial charge in [-0.25, -0.2) is 4.79 Å². The zero-order valence-corrected chi connectivity index (χ0v) is 11.1. The molecule has 0 unspecified atom stereocenters. The fraction of sp³-hybridized carbons (Fsp3) is 0.214. The summed E-state index contributed by atoms with van der Waals surface area (Å²) < 4.78 is 5.22. The van der Waals surface area contributed by atoms with Crippen molar-refractivity contribution in [2.24, 2.45) is 0 Å². The number of thioether (sulfide) groups is 1. The standard InChI is InChI=1S/C14H14O3S/c1-9-3-4-10(2)13(7-9)18-8-11-5-6-12(17-11)14(15)16/h3-7H,8H2,1-2H3,(H,15,16). The average Bonchev–Trinajstić information content (AvgIpc) is 2.79. The van der Waals surface area contributed by atoms with Gasteiger partial charge in [0.15, 0.2) is 0 Å². The number of carboxylic acids is 1. The molecule has 0 saturated carbocycles. The van der Waals surface area contributed by atoms with Crippen LogP contribution in [0.2, 0.25) is 0 Å². The molecule has 1 N–H and O–H groups in total. The normalized spacial score (nSPS) is 10.6. The highest BCUT2D eigenvalue weighted by Gasteiger charge is 2.09. The molecule has 2 aromatic rings. The first-order chi connectivity index (χ1) is 8.56. The Kier molecular flexibility index (Phi) is 3.77. The molecule has 18 heavy (non-hydrogen) atoms. The topological polar surface area (TPSA) is 50.4 Å². The highest BCUT2D eigenvalue weighted by molar-refractivity contribution is 7.98. The highest BCUT2D eigenvalue weighted by atomic mass is 32.2. The van der Waals surface area contributed by atoms with Gasteiger partial charge in [-0.3, -0.25) is 0 Å². The molecule has 0 bridgehead atoms. The third-order valence-electron chi connectivity index (χ3n) is 2.59. The van der Waals surface area contributed by atoms with Crippen LogP contribution in [0.1, 0.15) is 27.4 Å². The lowest BCUT2D eigenvalue weighted by Gasteiger charge is -2.05. The number of carboxylic acid groups (broad SMARTS) is 1. The Hall–Kier alpha value is -1.68. The van der Waals surface area contributed by atoms with E-state index in [2.05, 4.69) is 32.0 Å². The first kappa shape index (κ1) is 12.8. The summed E-state index contributed by atoms with van der Waals surface area (Å²) in [5.74, 6) is 0.278. The van der Waals surface area contributed by atoms with Gasteiger partial charge in [0.25, 0.3) is 0 Å². The van der Waals surface area contributed by atoms with Crippen molar-refractivity contribution in [2.45, 2.75) is 24.5 Å². The van der Waals surface area contributed by atoms with Crippen LogP contribution in [0.3, 0.4) is 0 Å². The van der Waals surface area contributed by atoms with Crippen LogP contribution in [0.4, 0.5) is 0 Å². The molecule has 0 aliphatic rings. The van der Waals surface area contributed by atoms with E-state index in [1.807, 2.05) is 0 Å². The minimum atomic E-state index is -1.03. The smallest absolute Gasteiger partial charge is 0.371 e. The van der Waals surface area contributed by atoms with Crippen LogP contribution >= 0.6 is 11.8 Å². The molecule has 0 radical (unpaired) electrons. The number of aromatic carboxylic acids is 1. The largest absolute Gasteiger partial charge is 0.475 e. The van der Waals surface area contributed by atoms with E-state index < -0.39 is 5.97 Å². The van der Waals surface area contributed by atoms with Crippen molar-refractivity contribution in [1.29, 1.82) is 0 Å². The first-order valence-corrected chi connectivity index (χ1v) is 6.57. The Morgan fingerprint density at radius 1 is 1.28 bits per heavy atom. The maximum Gasteiger partial charge on any atom is 0.371 e. The summed E-state index contributed by atoms with van der Waals surface area (Å²) in [6, 6.07) is 9.49. The summed E-state index contributed by atoms with van der Waals surface area (Å²) in [7, 11) is 0. The van der Waals surface area contributed by atoms with E-state index in [1.165, 1.54) is 22.1 Å². The minimum absolute atomic E-state index is 0.00781. The zero-order chi connectivity index (χ0) is 13.1. The van der Waals surface area contributed by atoms with Gasteiger partial charge in [0.2, 0.25) is 5.76 Å². The van der Waals surface area contributed by atoms with E-state index in [0.29, 0.717) is 11.5 Å². The quantitative estimate of drug-likeness (QED) is 0.849. The fourth-order valence-corrected chi connectivity index (χ4v) is 2.60.